The number of carbonyl (C=O) groups is 1. The molecule has 0 aromatic carbocycles. The van der Waals surface area contributed by atoms with Crippen LogP contribution >= 0.6 is 0 Å². The van der Waals surface area contributed by atoms with Gasteiger partial charge in [0.1, 0.15) is 5.69 Å². The van der Waals surface area contributed by atoms with Gasteiger partial charge in [-0.25, -0.2) is 0 Å². The van der Waals surface area contributed by atoms with Crippen LogP contribution in [0.3, 0.4) is 0 Å². The van der Waals surface area contributed by atoms with Crippen molar-refractivity contribution in [1.29, 1.82) is 0 Å². The maximum atomic E-state index is 11.5. The van der Waals surface area contributed by atoms with E-state index in [1.807, 2.05) is 0 Å². The molecule has 1 aromatic rings. The molecule has 0 atom stereocenters. The van der Waals surface area contributed by atoms with Crippen molar-refractivity contribution in [2.24, 2.45) is 5.92 Å². The number of nitrogens with zero attached hydrogens (tertiary/aromatic N) is 1. The molecule has 1 heterocycles. The van der Waals surface area contributed by atoms with Crippen LogP contribution in [0.5, 0.6) is 0 Å². The first-order valence-corrected chi connectivity index (χ1v) is 6.47. The van der Waals surface area contributed by atoms with Crippen LogP contribution in [0.1, 0.15) is 56.4 Å². The second-order valence-corrected chi connectivity index (χ2v) is 4.82. The van der Waals surface area contributed by atoms with Crippen molar-refractivity contribution in [3.63, 3.8) is 0 Å². The van der Waals surface area contributed by atoms with Crippen molar-refractivity contribution in [3.05, 3.63) is 18.0 Å². The monoisotopic (exact) mass is 237 g/mol. The molecule has 0 bridgehead atoms. The van der Waals surface area contributed by atoms with Crippen LogP contribution < -0.4 is 5.32 Å². The van der Waals surface area contributed by atoms with E-state index in [-0.39, 0.29) is 5.91 Å². The van der Waals surface area contributed by atoms with Gasteiger partial charge in [0.2, 0.25) is 0 Å². The minimum atomic E-state index is -0.0651. The van der Waals surface area contributed by atoms with Gasteiger partial charge in [-0.3, -0.25) is 9.89 Å². The lowest BCUT2D eigenvalue weighted by Gasteiger charge is -2.05. The fraction of sp³-hybridized carbons (Fsp3) is 0.692. The van der Waals surface area contributed by atoms with Gasteiger partial charge in [0.25, 0.3) is 5.91 Å². The minimum Gasteiger partial charge on any atom is -0.351 e. The number of unbranched alkanes of at least 4 members (excludes halogenated alkanes) is 3. The predicted molar refractivity (Wildman–Crippen MR) is 68.8 cm³/mol. The van der Waals surface area contributed by atoms with Gasteiger partial charge < -0.3 is 5.32 Å². The highest BCUT2D eigenvalue weighted by Crippen LogP contribution is 2.08. The molecule has 17 heavy (non-hydrogen) atoms. The number of H-pyrrole nitrogens is 1. The van der Waals surface area contributed by atoms with Crippen molar-refractivity contribution in [1.82, 2.24) is 15.5 Å². The third kappa shape index (κ3) is 6.09. The maximum Gasteiger partial charge on any atom is 0.269 e. The summed E-state index contributed by atoms with van der Waals surface area (Å²) in [6, 6.07) is 1.68. The molecule has 0 unspecified atom stereocenters. The summed E-state index contributed by atoms with van der Waals surface area (Å²) in [5.74, 6) is 0.736. The average Bonchev–Trinajstić information content (AvgIpc) is 2.80. The standard InChI is InChI=1S/C13H23N3O/c1-11(2)7-5-3-4-6-9-14-13(17)12-8-10-15-16-12/h8,10-11H,3-7,9H2,1-2H3,(H,14,17)(H,15,16). The molecule has 0 saturated heterocycles. The van der Waals surface area contributed by atoms with Gasteiger partial charge in [-0.05, 0) is 18.4 Å². The molecule has 1 rings (SSSR count). The number of rotatable bonds is 8. The third-order valence-electron chi connectivity index (χ3n) is 2.74. The smallest absolute Gasteiger partial charge is 0.269 e. The van der Waals surface area contributed by atoms with E-state index in [0.29, 0.717) is 5.69 Å². The summed E-state index contributed by atoms with van der Waals surface area (Å²) in [4.78, 5) is 11.5. The predicted octanol–water partition coefficient (Wildman–Crippen LogP) is 2.75. The van der Waals surface area contributed by atoms with Gasteiger partial charge in [0.15, 0.2) is 0 Å². The third-order valence-corrected chi connectivity index (χ3v) is 2.74. The van der Waals surface area contributed by atoms with E-state index in [2.05, 4.69) is 29.4 Å². The molecular weight excluding hydrogens is 214 g/mol. The van der Waals surface area contributed by atoms with E-state index in [1.54, 1.807) is 12.3 Å². The Morgan fingerprint density at radius 1 is 1.35 bits per heavy atom. The van der Waals surface area contributed by atoms with Crippen LogP contribution in [-0.4, -0.2) is 22.6 Å². The Kier molecular flexibility index (Phi) is 6.37. The first kappa shape index (κ1) is 13.7. The lowest BCUT2D eigenvalue weighted by atomic mass is 10.0. The Hall–Kier alpha value is -1.32. The summed E-state index contributed by atoms with van der Waals surface area (Å²) < 4.78 is 0. The number of carbonyl (C=O) groups excluding carboxylic acids is 1. The Morgan fingerprint density at radius 2 is 2.12 bits per heavy atom. The van der Waals surface area contributed by atoms with E-state index in [9.17, 15) is 4.79 Å². The van der Waals surface area contributed by atoms with Gasteiger partial charge in [0.05, 0.1) is 0 Å². The van der Waals surface area contributed by atoms with Crippen LogP contribution in [-0.2, 0) is 0 Å². The lowest BCUT2D eigenvalue weighted by Crippen LogP contribution is -2.24. The zero-order chi connectivity index (χ0) is 12.5. The molecule has 0 spiro atoms. The number of nitrogens with one attached hydrogen (secondary N) is 2. The molecule has 96 valence electrons. The van der Waals surface area contributed by atoms with E-state index >= 15 is 0 Å². The van der Waals surface area contributed by atoms with Crippen LogP contribution in [0.4, 0.5) is 0 Å². The molecule has 0 aliphatic carbocycles. The van der Waals surface area contributed by atoms with Gasteiger partial charge in [-0.15, -0.1) is 0 Å². The number of aromatic amines is 1. The Labute approximate surface area is 103 Å². The van der Waals surface area contributed by atoms with Gasteiger partial charge in [-0.1, -0.05) is 39.5 Å². The summed E-state index contributed by atoms with van der Waals surface area (Å²) in [6.07, 6.45) is 7.69. The fourth-order valence-electron chi connectivity index (χ4n) is 1.71. The molecule has 2 N–H and O–H groups in total. The Morgan fingerprint density at radius 3 is 2.76 bits per heavy atom. The largest absolute Gasteiger partial charge is 0.351 e. The number of hydrogen-bond acceptors (Lipinski definition) is 2. The quantitative estimate of drug-likeness (QED) is 0.683. The molecule has 0 aliphatic heterocycles. The van der Waals surface area contributed by atoms with Gasteiger partial charge in [-0.2, -0.15) is 5.10 Å². The molecule has 0 saturated carbocycles. The summed E-state index contributed by atoms with van der Waals surface area (Å²) in [6.45, 7) is 5.26. The van der Waals surface area contributed by atoms with E-state index < -0.39 is 0 Å². The maximum absolute atomic E-state index is 11.5. The van der Waals surface area contributed by atoms with Crippen molar-refractivity contribution >= 4 is 5.91 Å². The Balaban J connectivity index is 1.96. The van der Waals surface area contributed by atoms with Crippen LogP contribution in [0.2, 0.25) is 0 Å². The van der Waals surface area contributed by atoms with E-state index in [1.165, 1.54) is 25.7 Å². The summed E-state index contributed by atoms with van der Waals surface area (Å²) in [5, 5.41) is 9.27. The second kappa shape index (κ2) is 7.87. The van der Waals surface area contributed by atoms with Crippen molar-refractivity contribution in [3.8, 4) is 0 Å². The highest BCUT2D eigenvalue weighted by molar-refractivity contribution is 5.91. The molecule has 1 amide bonds. The second-order valence-electron chi connectivity index (χ2n) is 4.82. The normalized spacial score (nSPS) is 10.8. The number of aromatic nitrogens is 2. The fourth-order valence-corrected chi connectivity index (χ4v) is 1.71. The van der Waals surface area contributed by atoms with Gasteiger partial charge >= 0.3 is 0 Å². The highest BCUT2D eigenvalue weighted by atomic mass is 16.1. The molecule has 0 radical (unpaired) electrons. The van der Waals surface area contributed by atoms with Crippen molar-refractivity contribution < 1.29 is 4.79 Å². The summed E-state index contributed by atoms with van der Waals surface area (Å²) in [7, 11) is 0. The topological polar surface area (TPSA) is 57.8 Å². The summed E-state index contributed by atoms with van der Waals surface area (Å²) >= 11 is 0. The zero-order valence-electron chi connectivity index (χ0n) is 10.8. The molecule has 1 aromatic heterocycles. The molecule has 4 nitrogen and oxygen atoms in total. The molecular formula is C13H23N3O. The van der Waals surface area contributed by atoms with Gasteiger partial charge in [0, 0.05) is 12.7 Å². The van der Waals surface area contributed by atoms with E-state index in [4.69, 9.17) is 0 Å². The molecule has 0 aliphatic rings. The summed E-state index contributed by atoms with van der Waals surface area (Å²) in [5.41, 5.74) is 0.532. The zero-order valence-corrected chi connectivity index (χ0v) is 10.8. The number of amides is 1. The van der Waals surface area contributed by atoms with Crippen LogP contribution in [0.25, 0.3) is 0 Å². The minimum absolute atomic E-state index is 0.0651. The van der Waals surface area contributed by atoms with Crippen molar-refractivity contribution in [2.75, 3.05) is 6.54 Å². The number of hydrogen-bond donors (Lipinski definition) is 2. The highest BCUT2D eigenvalue weighted by Gasteiger charge is 2.04. The Bertz CT molecular complexity index is 306. The SMILES string of the molecule is CC(C)CCCCCCNC(=O)c1ccn[nH]1. The molecule has 0 fully saturated rings. The average molecular weight is 237 g/mol. The van der Waals surface area contributed by atoms with Crippen molar-refractivity contribution in [2.45, 2.75) is 46.0 Å². The first-order chi connectivity index (χ1) is 8.20. The van der Waals surface area contributed by atoms with E-state index in [0.717, 1.165) is 18.9 Å². The lowest BCUT2D eigenvalue weighted by molar-refractivity contribution is 0.0948. The van der Waals surface area contributed by atoms with Crippen LogP contribution in [0.15, 0.2) is 12.3 Å². The molecule has 4 heteroatoms. The van der Waals surface area contributed by atoms with Crippen LogP contribution in [0, 0.1) is 5.92 Å². The first-order valence-electron chi connectivity index (χ1n) is 6.47.